The third kappa shape index (κ3) is 5.69. The van der Waals surface area contributed by atoms with Crippen LogP contribution in [0.25, 0.3) is 11.5 Å². The number of aromatic nitrogens is 2. The van der Waals surface area contributed by atoms with Gasteiger partial charge in [-0.1, -0.05) is 12.1 Å². The molecule has 0 unspecified atom stereocenters. The van der Waals surface area contributed by atoms with Crippen molar-refractivity contribution in [1.82, 2.24) is 19.6 Å². The molecule has 0 radical (unpaired) electrons. The Bertz CT molecular complexity index is 1200. The highest BCUT2D eigenvalue weighted by Crippen LogP contribution is 2.34. The molecular weight excluding hydrogens is 458 g/mol. The largest absolute Gasteiger partial charge is 0.438 e. The van der Waals surface area contributed by atoms with Crippen molar-refractivity contribution in [3.8, 4) is 11.5 Å². The number of rotatable bonds is 6. The van der Waals surface area contributed by atoms with Gasteiger partial charge in [-0.15, -0.1) is 5.10 Å². The summed E-state index contributed by atoms with van der Waals surface area (Å²) in [6.07, 6.45) is -4.56. The van der Waals surface area contributed by atoms with Gasteiger partial charge in [-0.2, -0.15) is 17.9 Å². The molecular formula is C22H21F4N5O3. The maximum Gasteiger partial charge on any atom is 0.438 e. The Kier molecular flexibility index (Phi) is 6.80. The van der Waals surface area contributed by atoms with Gasteiger partial charge in [-0.3, -0.25) is 14.6 Å². The number of halogens is 4. The van der Waals surface area contributed by atoms with Crippen molar-refractivity contribution in [2.24, 2.45) is 0 Å². The first kappa shape index (κ1) is 23.6. The number of benzene rings is 2. The molecule has 3 aromatic rings. The van der Waals surface area contributed by atoms with Crippen LogP contribution < -0.4 is 11.1 Å². The number of anilines is 1. The Morgan fingerprint density at radius 3 is 2.32 bits per heavy atom. The van der Waals surface area contributed by atoms with Crippen molar-refractivity contribution in [2.75, 3.05) is 38.0 Å². The second kappa shape index (κ2) is 9.77. The maximum absolute atomic E-state index is 13.1. The molecule has 34 heavy (non-hydrogen) atoms. The van der Waals surface area contributed by atoms with Crippen molar-refractivity contribution in [2.45, 2.75) is 12.8 Å². The first-order valence-electron chi connectivity index (χ1n) is 10.4. The summed E-state index contributed by atoms with van der Waals surface area (Å²) in [5.41, 5.74) is -0.701. The topological polar surface area (TPSA) is 83.6 Å². The first-order valence-corrected chi connectivity index (χ1v) is 10.4. The zero-order valence-corrected chi connectivity index (χ0v) is 17.9. The number of carbonyl (C=O) groups is 1. The van der Waals surface area contributed by atoms with Crippen LogP contribution in [0.2, 0.25) is 0 Å². The highest BCUT2D eigenvalue weighted by atomic mass is 19.4. The van der Waals surface area contributed by atoms with Crippen molar-refractivity contribution >= 4 is 11.6 Å². The van der Waals surface area contributed by atoms with E-state index in [0.29, 0.717) is 31.7 Å². The third-order valence-corrected chi connectivity index (χ3v) is 5.37. The van der Waals surface area contributed by atoms with Gasteiger partial charge in [0.05, 0.1) is 17.8 Å². The third-order valence-electron chi connectivity index (χ3n) is 5.37. The van der Waals surface area contributed by atoms with Crippen LogP contribution in [0.1, 0.15) is 5.56 Å². The molecule has 1 aromatic heterocycles. The second-order valence-electron chi connectivity index (χ2n) is 7.81. The molecule has 0 spiro atoms. The SMILES string of the molecule is O=C(CN1CCN(Cn2nc(-c3ccc(F)cc3)oc2=O)CC1)Nc1ccccc1C(F)(F)F. The zero-order chi connectivity index (χ0) is 24.3. The fourth-order valence-electron chi connectivity index (χ4n) is 3.62. The van der Waals surface area contributed by atoms with Gasteiger partial charge in [0, 0.05) is 31.7 Å². The van der Waals surface area contributed by atoms with Gasteiger partial charge < -0.3 is 9.73 Å². The molecule has 0 aliphatic carbocycles. The Labute approximate surface area is 191 Å². The quantitative estimate of drug-likeness (QED) is 0.548. The van der Waals surface area contributed by atoms with Crippen molar-refractivity contribution < 1.29 is 26.8 Å². The minimum atomic E-state index is -4.56. The van der Waals surface area contributed by atoms with Gasteiger partial charge in [0.2, 0.25) is 11.8 Å². The van der Waals surface area contributed by atoms with E-state index >= 15 is 0 Å². The minimum absolute atomic E-state index is 0.0569. The standard InChI is InChI=1S/C22H21F4N5O3/c23-16-7-5-15(6-8-16)20-28-31(21(33)34-20)14-30-11-9-29(10-12-30)13-19(32)27-18-4-2-1-3-17(18)22(24,25)26/h1-8H,9-14H2,(H,27,32). The molecule has 1 aliphatic rings. The highest BCUT2D eigenvalue weighted by Gasteiger charge is 2.33. The van der Waals surface area contributed by atoms with E-state index in [9.17, 15) is 27.2 Å². The van der Waals surface area contributed by atoms with Crippen molar-refractivity contribution in [3.63, 3.8) is 0 Å². The Hall–Kier alpha value is -3.51. The molecule has 4 rings (SSSR count). The molecule has 0 atom stereocenters. The normalized spacial score (nSPS) is 15.4. The van der Waals surface area contributed by atoms with Crippen LogP contribution >= 0.6 is 0 Å². The van der Waals surface area contributed by atoms with E-state index in [4.69, 9.17) is 4.42 Å². The molecule has 1 N–H and O–H groups in total. The van der Waals surface area contributed by atoms with Gasteiger partial charge in [-0.25, -0.2) is 9.18 Å². The predicted octanol–water partition coefficient (Wildman–Crippen LogP) is 2.88. The number of hydrogen-bond acceptors (Lipinski definition) is 6. The molecule has 8 nitrogen and oxygen atoms in total. The van der Waals surface area contributed by atoms with Gasteiger partial charge in [-0.05, 0) is 36.4 Å². The molecule has 1 amide bonds. The summed E-state index contributed by atoms with van der Waals surface area (Å²) in [6.45, 7) is 2.09. The molecule has 0 saturated carbocycles. The fourth-order valence-corrected chi connectivity index (χ4v) is 3.62. The highest BCUT2D eigenvalue weighted by molar-refractivity contribution is 5.93. The molecule has 1 saturated heterocycles. The van der Waals surface area contributed by atoms with Crippen molar-refractivity contribution in [1.29, 1.82) is 0 Å². The lowest BCUT2D eigenvalue weighted by molar-refractivity contribution is -0.137. The average molecular weight is 479 g/mol. The van der Waals surface area contributed by atoms with Crippen LogP contribution in [-0.4, -0.2) is 58.2 Å². The van der Waals surface area contributed by atoms with E-state index in [1.165, 1.54) is 42.5 Å². The molecule has 1 aliphatic heterocycles. The van der Waals surface area contributed by atoms with Gasteiger partial charge in [0.1, 0.15) is 12.5 Å². The first-order chi connectivity index (χ1) is 16.2. The van der Waals surface area contributed by atoms with E-state index in [0.717, 1.165) is 10.7 Å². The molecule has 1 fully saturated rings. The van der Waals surface area contributed by atoms with E-state index in [2.05, 4.69) is 10.4 Å². The summed E-state index contributed by atoms with van der Waals surface area (Å²) in [6, 6.07) is 10.2. The van der Waals surface area contributed by atoms with Crippen LogP contribution in [0.4, 0.5) is 23.2 Å². The molecule has 2 aromatic carbocycles. The summed E-state index contributed by atoms with van der Waals surface area (Å²) in [4.78, 5) is 28.2. The minimum Gasteiger partial charge on any atom is -0.388 e. The number of hydrogen-bond donors (Lipinski definition) is 1. The van der Waals surface area contributed by atoms with E-state index < -0.39 is 29.2 Å². The van der Waals surface area contributed by atoms with Gasteiger partial charge in [0.15, 0.2) is 0 Å². The number of nitrogens with one attached hydrogen (secondary N) is 1. The molecule has 0 bridgehead atoms. The van der Waals surface area contributed by atoms with E-state index in [1.807, 2.05) is 9.80 Å². The lowest BCUT2D eigenvalue weighted by Crippen LogP contribution is -2.49. The monoisotopic (exact) mass is 479 g/mol. The summed E-state index contributed by atoms with van der Waals surface area (Å²) >= 11 is 0. The van der Waals surface area contributed by atoms with Crippen molar-refractivity contribution in [3.05, 3.63) is 70.5 Å². The predicted molar refractivity (Wildman–Crippen MR) is 114 cm³/mol. The number of piperazine rings is 1. The summed E-state index contributed by atoms with van der Waals surface area (Å²) < 4.78 is 58.7. The summed E-state index contributed by atoms with van der Waals surface area (Å²) in [5, 5.41) is 6.49. The summed E-state index contributed by atoms with van der Waals surface area (Å²) in [5.74, 6) is -1.52. The second-order valence-corrected chi connectivity index (χ2v) is 7.81. The lowest BCUT2D eigenvalue weighted by atomic mass is 10.1. The lowest BCUT2D eigenvalue weighted by Gasteiger charge is -2.33. The zero-order valence-electron chi connectivity index (χ0n) is 17.9. The summed E-state index contributed by atoms with van der Waals surface area (Å²) in [7, 11) is 0. The van der Waals surface area contributed by atoms with E-state index in [-0.39, 0.29) is 24.8 Å². The molecule has 180 valence electrons. The molecule has 2 heterocycles. The van der Waals surface area contributed by atoms with Crippen LogP contribution in [0.5, 0.6) is 0 Å². The van der Waals surface area contributed by atoms with Crippen LogP contribution in [0.15, 0.2) is 57.7 Å². The number of para-hydroxylation sites is 1. The number of carbonyl (C=O) groups excluding carboxylic acids is 1. The van der Waals surface area contributed by atoms with E-state index in [1.54, 1.807) is 0 Å². The fraction of sp³-hybridized carbons (Fsp3) is 0.318. The average Bonchev–Trinajstić information content (AvgIpc) is 3.15. The number of amides is 1. The van der Waals surface area contributed by atoms with Crippen LogP contribution in [0, 0.1) is 5.82 Å². The van der Waals surface area contributed by atoms with Gasteiger partial charge in [0.25, 0.3) is 0 Å². The Morgan fingerprint density at radius 1 is 1.00 bits per heavy atom. The smallest absolute Gasteiger partial charge is 0.388 e. The number of nitrogens with zero attached hydrogens (tertiary/aromatic N) is 4. The van der Waals surface area contributed by atoms with Crippen LogP contribution in [0.3, 0.4) is 0 Å². The Balaban J connectivity index is 1.29. The van der Waals surface area contributed by atoms with Gasteiger partial charge >= 0.3 is 11.9 Å². The molecule has 12 heteroatoms. The maximum atomic E-state index is 13.1. The number of alkyl halides is 3. The Morgan fingerprint density at radius 2 is 1.65 bits per heavy atom. The van der Waals surface area contributed by atoms with Crippen LogP contribution in [-0.2, 0) is 17.6 Å².